The Morgan fingerprint density at radius 3 is 2.13 bits per heavy atom. The summed E-state index contributed by atoms with van der Waals surface area (Å²) in [6.45, 7) is 4.99. The van der Waals surface area contributed by atoms with Crippen molar-refractivity contribution in [3.63, 3.8) is 0 Å². The van der Waals surface area contributed by atoms with Crippen molar-refractivity contribution in [1.29, 1.82) is 0 Å². The summed E-state index contributed by atoms with van der Waals surface area (Å²) in [4.78, 5) is 13.2. The third-order valence-electron chi connectivity index (χ3n) is 8.01. The van der Waals surface area contributed by atoms with Gasteiger partial charge in [-0.05, 0) is 53.4 Å². The first-order chi connectivity index (χ1) is 18.0. The van der Waals surface area contributed by atoms with Gasteiger partial charge in [-0.3, -0.25) is 4.79 Å². The van der Waals surface area contributed by atoms with E-state index in [1.807, 2.05) is 30.3 Å². The number of carbonyl (C=O) groups is 1. The zero-order valence-corrected chi connectivity index (χ0v) is 23.0. The number of benzene rings is 3. The quantitative estimate of drug-likeness (QED) is 0.208. The number of hydrogen-bond acceptors (Lipinski definition) is 3. The first-order valence-electron chi connectivity index (χ1n) is 13.2. The van der Waals surface area contributed by atoms with Crippen molar-refractivity contribution < 1.29 is 44.5 Å². The molecule has 0 unspecified atom stereocenters. The molecule has 1 atom stereocenters. The SMILES string of the molecule is O=C(C[C@H]1C[N+]2(CCCOc3ccccc3)CCC1CC2)OC(c1cccc(F)c1)c1cccc(F)c1.[Br-]. The molecule has 3 saturated heterocycles. The summed E-state index contributed by atoms with van der Waals surface area (Å²) in [5.74, 6) is 0.514. The maximum Gasteiger partial charge on any atom is 0.307 e. The number of hydrogen-bond donors (Lipinski definition) is 0. The second-order valence-electron chi connectivity index (χ2n) is 10.5. The highest BCUT2D eigenvalue weighted by molar-refractivity contribution is 5.70. The van der Waals surface area contributed by atoms with E-state index in [2.05, 4.69) is 0 Å². The van der Waals surface area contributed by atoms with Gasteiger partial charge in [0.25, 0.3) is 0 Å². The van der Waals surface area contributed by atoms with E-state index in [0.717, 1.165) is 55.7 Å². The number of para-hydroxylation sites is 1. The highest BCUT2D eigenvalue weighted by Crippen LogP contribution is 2.40. The van der Waals surface area contributed by atoms with Crippen LogP contribution in [-0.4, -0.2) is 43.2 Å². The van der Waals surface area contributed by atoms with Gasteiger partial charge in [0, 0.05) is 25.2 Å². The van der Waals surface area contributed by atoms with Gasteiger partial charge in [-0.15, -0.1) is 0 Å². The molecular weight excluding hydrogens is 552 g/mol. The van der Waals surface area contributed by atoms with Crippen molar-refractivity contribution in [2.24, 2.45) is 11.8 Å². The molecule has 4 nitrogen and oxygen atoms in total. The molecule has 0 aliphatic carbocycles. The van der Waals surface area contributed by atoms with Gasteiger partial charge in [0.2, 0.25) is 0 Å². The molecular formula is C31H34BrF2NO3. The predicted molar refractivity (Wildman–Crippen MR) is 138 cm³/mol. The standard InChI is InChI=1S/C31H34F2NO3.BrH/c32-27-9-4-7-24(19-27)31(25-8-5-10-28(33)20-25)37-30(35)21-26-22-34(16-13-23(26)14-17-34)15-6-18-36-29-11-2-1-3-12-29;/h1-5,7-12,19-20,23,26,31H,6,13-18,21-22H2;1H/q+1;/p-1/t23?,26-,34?;/m0./s1. The first-order valence-corrected chi connectivity index (χ1v) is 13.2. The van der Waals surface area contributed by atoms with Gasteiger partial charge in [0.15, 0.2) is 6.10 Å². The van der Waals surface area contributed by atoms with Gasteiger partial charge in [0.1, 0.15) is 17.4 Å². The average Bonchev–Trinajstić information content (AvgIpc) is 2.91. The first kappa shape index (κ1) is 28.2. The van der Waals surface area contributed by atoms with Gasteiger partial charge in [0.05, 0.1) is 39.2 Å². The topological polar surface area (TPSA) is 35.5 Å². The van der Waals surface area contributed by atoms with Crippen molar-refractivity contribution >= 4 is 5.97 Å². The van der Waals surface area contributed by atoms with Crippen molar-refractivity contribution in [3.8, 4) is 5.75 Å². The molecule has 7 heteroatoms. The molecule has 6 rings (SSSR count). The number of fused-ring (bicyclic) bond motifs is 3. The molecule has 3 heterocycles. The fourth-order valence-corrected chi connectivity index (χ4v) is 6.15. The molecule has 3 aromatic rings. The molecule has 0 N–H and O–H groups in total. The Bertz CT molecular complexity index is 1150. The van der Waals surface area contributed by atoms with E-state index in [4.69, 9.17) is 9.47 Å². The fraction of sp³-hybridized carbons (Fsp3) is 0.387. The Kier molecular flexibility index (Phi) is 9.55. The molecule has 3 aliphatic rings. The van der Waals surface area contributed by atoms with Crippen LogP contribution < -0.4 is 21.7 Å². The molecule has 3 fully saturated rings. The number of esters is 1. The molecule has 202 valence electrons. The number of halogens is 3. The second-order valence-corrected chi connectivity index (χ2v) is 10.5. The molecule has 0 amide bonds. The van der Waals surface area contributed by atoms with Gasteiger partial charge in [-0.25, -0.2) is 8.78 Å². The minimum atomic E-state index is -0.849. The van der Waals surface area contributed by atoms with Gasteiger partial charge in [-0.2, -0.15) is 0 Å². The Labute approximate surface area is 233 Å². The summed E-state index contributed by atoms with van der Waals surface area (Å²) in [6.07, 6.45) is 2.69. The number of ether oxygens (including phenoxy) is 2. The lowest BCUT2D eigenvalue weighted by Crippen LogP contribution is -3.00. The molecule has 0 aromatic heterocycles. The minimum Gasteiger partial charge on any atom is -1.00 e. The van der Waals surface area contributed by atoms with Gasteiger partial charge in [-0.1, -0.05) is 42.5 Å². The maximum absolute atomic E-state index is 14.0. The van der Waals surface area contributed by atoms with E-state index >= 15 is 0 Å². The van der Waals surface area contributed by atoms with Crippen LogP contribution in [-0.2, 0) is 9.53 Å². The van der Waals surface area contributed by atoms with Crippen LogP contribution in [0.1, 0.15) is 42.9 Å². The third-order valence-corrected chi connectivity index (χ3v) is 8.01. The number of quaternary nitrogens is 1. The summed E-state index contributed by atoms with van der Waals surface area (Å²) in [6, 6.07) is 21.8. The molecule has 0 radical (unpaired) electrons. The average molecular weight is 587 g/mol. The smallest absolute Gasteiger partial charge is 0.307 e. The van der Waals surface area contributed by atoms with Crippen molar-refractivity contribution in [1.82, 2.24) is 0 Å². The molecule has 3 aromatic carbocycles. The lowest BCUT2D eigenvalue weighted by molar-refractivity contribution is -0.947. The molecule has 2 bridgehead atoms. The van der Waals surface area contributed by atoms with E-state index in [0.29, 0.717) is 30.1 Å². The molecule has 0 spiro atoms. The second kappa shape index (κ2) is 12.9. The van der Waals surface area contributed by atoms with Crippen molar-refractivity contribution in [2.45, 2.75) is 31.8 Å². The van der Waals surface area contributed by atoms with Gasteiger partial charge >= 0.3 is 5.97 Å². The summed E-state index contributed by atoms with van der Waals surface area (Å²) < 4.78 is 40.8. The molecule has 0 saturated carbocycles. The van der Waals surface area contributed by atoms with Crippen LogP contribution >= 0.6 is 0 Å². The highest BCUT2D eigenvalue weighted by Gasteiger charge is 2.46. The summed E-state index contributed by atoms with van der Waals surface area (Å²) >= 11 is 0. The largest absolute Gasteiger partial charge is 1.00 e. The normalized spacial score (nSPS) is 22.1. The summed E-state index contributed by atoms with van der Waals surface area (Å²) in [7, 11) is 0. The Morgan fingerprint density at radius 1 is 0.895 bits per heavy atom. The number of piperidine rings is 3. The van der Waals surface area contributed by atoms with E-state index in [1.54, 1.807) is 24.3 Å². The van der Waals surface area contributed by atoms with Gasteiger partial charge < -0.3 is 30.9 Å². The highest BCUT2D eigenvalue weighted by atomic mass is 79.9. The zero-order valence-electron chi connectivity index (χ0n) is 21.4. The fourth-order valence-electron chi connectivity index (χ4n) is 6.15. The van der Waals surface area contributed by atoms with Crippen molar-refractivity contribution in [2.75, 3.05) is 32.8 Å². The van der Waals surface area contributed by atoms with Crippen molar-refractivity contribution in [3.05, 3.63) is 102 Å². The van der Waals surface area contributed by atoms with E-state index in [9.17, 15) is 13.6 Å². The van der Waals surface area contributed by atoms with Crippen LogP contribution in [0, 0.1) is 23.5 Å². The minimum absolute atomic E-state index is 0. The predicted octanol–water partition coefficient (Wildman–Crippen LogP) is 3.32. The van der Waals surface area contributed by atoms with Crippen LogP contribution in [0.2, 0.25) is 0 Å². The summed E-state index contributed by atoms with van der Waals surface area (Å²) in [5, 5.41) is 0. The van der Waals surface area contributed by atoms with Crippen LogP contribution in [0.5, 0.6) is 5.75 Å². The summed E-state index contributed by atoms with van der Waals surface area (Å²) in [5.41, 5.74) is 0.990. The van der Waals surface area contributed by atoms with E-state index in [1.165, 1.54) is 24.3 Å². The van der Waals surface area contributed by atoms with Crippen LogP contribution in [0.15, 0.2) is 78.9 Å². The molecule has 3 aliphatic heterocycles. The number of carbonyl (C=O) groups excluding carboxylic acids is 1. The monoisotopic (exact) mass is 585 g/mol. The zero-order chi connectivity index (χ0) is 25.7. The van der Waals surface area contributed by atoms with Crippen LogP contribution in [0.3, 0.4) is 0 Å². The lowest BCUT2D eigenvalue weighted by atomic mass is 9.75. The Morgan fingerprint density at radius 2 is 1.53 bits per heavy atom. The number of rotatable bonds is 10. The molecule has 38 heavy (non-hydrogen) atoms. The van der Waals surface area contributed by atoms with Crippen LogP contribution in [0.25, 0.3) is 0 Å². The maximum atomic E-state index is 14.0. The lowest BCUT2D eigenvalue weighted by Gasteiger charge is -2.52. The Balaban J connectivity index is 0.00000336. The number of nitrogens with zero attached hydrogens (tertiary/aromatic N) is 1. The van der Waals surface area contributed by atoms with E-state index in [-0.39, 0.29) is 28.9 Å². The third kappa shape index (κ3) is 7.00. The van der Waals surface area contributed by atoms with E-state index < -0.39 is 17.7 Å². The van der Waals surface area contributed by atoms with Crippen LogP contribution in [0.4, 0.5) is 8.78 Å². The Hall–Kier alpha value is -2.77.